The van der Waals surface area contributed by atoms with Gasteiger partial charge in [-0.2, -0.15) is 0 Å². The lowest BCUT2D eigenvalue weighted by Crippen LogP contribution is -2.20. The molecule has 2 rings (SSSR count). The van der Waals surface area contributed by atoms with Crippen molar-refractivity contribution < 1.29 is 19.1 Å². The first-order valence-corrected chi connectivity index (χ1v) is 4.78. The molecule has 1 aromatic rings. The van der Waals surface area contributed by atoms with Crippen molar-refractivity contribution in [2.75, 3.05) is 7.11 Å². The second kappa shape index (κ2) is 3.84. The Morgan fingerprint density at radius 1 is 1.38 bits per heavy atom. The summed E-state index contributed by atoms with van der Waals surface area (Å²) >= 11 is 0. The standard InChI is InChI=1S/C11H11NO4/c1-6-3-4-8(15-2)7(5-6)9-10(13)12-11(14)16-9/h3-5,9H,1-2H3,(H,12,13,14)/t9-/m1/s1. The minimum Gasteiger partial charge on any atom is -0.496 e. The van der Waals surface area contributed by atoms with Crippen LogP contribution < -0.4 is 10.1 Å². The fourth-order valence-electron chi connectivity index (χ4n) is 1.62. The number of ether oxygens (including phenoxy) is 2. The van der Waals surface area contributed by atoms with E-state index in [1.54, 1.807) is 12.1 Å². The average Bonchev–Trinajstić information content (AvgIpc) is 2.57. The number of hydrogen-bond donors (Lipinski definition) is 1. The zero-order chi connectivity index (χ0) is 11.7. The molecule has 1 aliphatic heterocycles. The molecule has 1 fully saturated rings. The molecular weight excluding hydrogens is 210 g/mol. The van der Waals surface area contributed by atoms with Gasteiger partial charge in [-0.1, -0.05) is 11.6 Å². The maximum absolute atomic E-state index is 11.5. The number of carbonyl (C=O) groups excluding carboxylic acids is 2. The molecule has 1 aromatic carbocycles. The van der Waals surface area contributed by atoms with Crippen LogP contribution in [0.3, 0.4) is 0 Å². The van der Waals surface area contributed by atoms with Crippen LogP contribution in [-0.4, -0.2) is 19.1 Å². The molecular formula is C11H11NO4. The molecule has 0 saturated carbocycles. The Morgan fingerprint density at radius 2 is 2.12 bits per heavy atom. The van der Waals surface area contributed by atoms with Crippen molar-refractivity contribution in [3.63, 3.8) is 0 Å². The van der Waals surface area contributed by atoms with E-state index in [1.807, 2.05) is 13.0 Å². The minimum absolute atomic E-state index is 0.464. The summed E-state index contributed by atoms with van der Waals surface area (Å²) in [6.45, 7) is 1.89. The molecule has 1 N–H and O–H groups in total. The molecule has 1 atom stereocenters. The third-order valence-electron chi connectivity index (χ3n) is 2.36. The van der Waals surface area contributed by atoms with Crippen LogP contribution in [-0.2, 0) is 9.53 Å². The lowest BCUT2D eigenvalue weighted by Gasteiger charge is -2.12. The number of benzene rings is 1. The topological polar surface area (TPSA) is 64.6 Å². The molecule has 0 spiro atoms. The van der Waals surface area contributed by atoms with E-state index >= 15 is 0 Å². The molecule has 1 saturated heterocycles. The molecule has 1 aliphatic rings. The van der Waals surface area contributed by atoms with Crippen molar-refractivity contribution in [2.24, 2.45) is 0 Å². The summed E-state index contributed by atoms with van der Waals surface area (Å²) in [5.41, 5.74) is 1.53. The van der Waals surface area contributed by atoms with Gasteiger partial charge in [-0.3, -0.25) is 10.1 Å². The first kappa shape index (κ1) is 10.5. The maximum Gasteiger partial charge on any atom is 0.415 e. The Kier molecular flexibility index (Phi) is 2.52. The van der Waals surface area contributed by atoms with Gasteiger partial charge in [-0.15, -0.1) is 0 Å². The van der Waals surface area contributed by atoms with Gasteiger partial charge in [0.2, 0.25) is 6.10 Å². The van der Waals surface area contributed by atoms with E-state index in [2.05, 4.69) is 5.32 Å². The van der Waals surface area contributed by atoms with Gasteiger partial charge in [0.15, 0.2) is 0 Å². The van der Waals surface area contributed by atoms with Crippen molar-refractivity contribution in [1.29, 1.82) is 0 Å². The fourth-order valence-corrected chi connectivity index (χ4v) is 1.62. The van der Waals surface area contributed by atoms with E-state index < -0.39 is 18.1 Å². The van der Waals surface area contributed by atoms with E-state index in [0.717, 1.165) is 5.56 Å². The monoisotopic (exact) mass is 221 g/mol. The fraction of sp³-hybridized carbons (Fsp3) is 0.273. The number of aryl methyl sites for hydroxylation is 1. The summed E-state index contributed by atoms with van der Waals surface area (Å²) in [6, 6.07) is 5.36. The van der Waals surface area contributed by atoms with Gasteiger partial charge in [0, 0.05) is 5.56 Å². The summed E-state index contributed by atoms with van der Waals surface area (Å²) in [4.78, 5) is 22.4. The highest BCUT2D eigenvalue weighted by Gasteiger charge is 2.35. The molecule has 0 aromatic heterocycles. The second-order valence-electron chi connectivity index (χ2n) is 3.52. The highest BCUT2D eigenvalue weighted by molar-refractivity contribution is 6.00. The van der Waals surface area contributed by atoms with E-state index in [-0.39, 0.29) is 0 Å². The third-order valence-corrected chi connectivity index (χ3v) is 2.36. The Labute approximate surface area is 92.4 Å². The van der Waals surface area contributed by atoms with E-state index in [0.29, 0.717) is 11.3 Å². The normalized spacial score (nSPS) is 19.2. The number of hydrogen-bond acceptors (Lipinski definition) is 4. The molecule has 84 valence electrons. The van der Waals surface area contributed by atoms with Crippen LogP contribution in [0.2, 0.25) is 0 Å². The lowest BCUT2D eigenvalue weighted by molar-refractivity contribution is -0.123. The molecule has 2 amide bonds. The van der Waals surface area contributed by atoms with Crippen molar-refractivity contribution in [1.82, 2.24) is 5.32 Å². The van der Waals surface area contributed by atoms with E-state index in [4.69, 9.17) is 9.47 Å². The number of carbonyl (C=O) groups is 2. The summed E-state index contributed by atoms with van der Waals surface area (Å²) in [7, 11) is 1.50. The van der Waals surface area contributed by atoms with Crippen LogP contribution in [0.5, 0.6) is 5.75 Å². The van der Waals surface area contributed by atoms with Gasteiger partial charge in [-0.05, 0) is 19.1 Å². The first-order chi connectivity index (χ1) is 7.61. The van der Waals surface area contributed by atoms with Crippen LogP contribution in [0.4, 0.5) is 4.79 Å². The molecule has 5 nitrogen and oxygen atoms in total. The van der Waals surface area contributed by atoms with Crippen LogP contribution >= 0.6 is 0 Å². The van der Waals surface area contributed by atoms with Crippen molar-refractivity contribution in [3.8, 4) is 5.75 Å². The number of alkyl carbamates (subject to hydrolysis) is 1. The van der Waals surface area contributed by atoms with Gasteiger partial charge in [0.05, 0.1) is 7.11 Å². The number of methoxy groups -OCH3 is 1. The largest absolute Gasteiger partial charge is 0.496 e. The second-order valence-corrected chi connectivity index (χ2v) is 3.52. The Balaban J connectivity index is 2.42. The van der Waals surface area contributed by atoms with Crippen LogP contribution in [0.1, 0.15) is 17.2 Å². The van der Waals surface area contributed by atoms with Crippen LogP contribution in [0.25, 0.3) is 0 Å². The molecule has 5 heteroatoms. The summed E-state index contributed by atoms with van der Waals surface area (Å²) in [6.07, 6.45) is -1.64. The smallest absolute Gasteiger partial charge is 0.415 e. The molecule has 0 bridgehead atoms. The van der Waals surface area contributed by atoms with Gasteiger partial charge >= 0.3 is 6.09 Å². The number of nitrogens with one attached hydrogen (secondary N) is 1. The van der Waals surface area contributed by atoms with Gasteiger partial charge in [-0.25, -0.2) is 4.79 Å². The predicted octanol–water partition coefficient (Wildman–Crippen LogP) is 1.31. The molecule has 1 heterocycles. The average molecular weight is 221 g/mol. The van der Waals surface area contributed by atoms with E-state index in [1.165, 1.54) is 7.11 Å². The number of imide groups is 1. The zero-order valence-electron chi connectivity index (χ0n) is 8.94. The maximum atomic E-state index is 11.5. The SMILES string of the molecule is COc1ccc(C)cc1[C@H]1OC(=O)NC1=O. The highest BCUT2D eigenvalue weighted by atomic mass is 16.6. The number of cyclic esters (lactones) is 1. The summed E-state index contributed by atoms with van der Waals surface area (Å²) in [5.74, 6) is 0.0642. The van der Waals surface area contributed by atoms with Crippen molar-refractivity contribution in [3.05, 3.63) is 29.3 Å². The van der Waals surface area contributed by atoms with Crippen LogP contribution in [0, 0.1) is 6.92 Å². The Bertz CT molecular complexity index is 455. The van der Waals surface area contributed by atoms with Gasteiger partial charge in [0.25, 0.3) is 5.91 Å². The third kappa shape index (κ3) is 1.71. The minimum atomic E-state index is -0.914. The number of amides is 2. The molecule has 0 unspecified atom stereocenters. The molecule has 0 aliphatic carbocycles. The number of rotatable bonds is 2. The van der Waals surface area contributed by atoms with E-state index in [9.17, 15) is 9.59 Å². The lowest BCUT2D eigenvalue weighted by atomic mass is 10.1. The quantitative estimate of drug-likeness (QED) is 0.817. The van der Waals surface area contributed by atoms with Gasteiger partial charge < -0.3 is 9.47 Å². The van der Waals surface area contributed by atoms with Gasteiger partial charge in [0.1, 0.15) is 5.75 Å². The summed E-state index contributed by atoms with van der Waals surface area (Å²) < 4.78 is 10.0. The molecule has 16 heavy (non-hydrogen) atoms. The molecule has 0 radical (unpaired) electrons. The first-order valence-electron chi connectivity index (χ1n) is 4.78. The Morgan fingerprint density at radius 3 is 2.69 bits per heavy atom. The predicted molar refractivity (Wildman–Crippen MR) is 55.1 cm³/mol. The van der Waals surface area contributed by atoms with Crippen molar-refractivity contribution in [2.45, 2.75) is 13.0 Å². The summed E-state index contributed by atoms with van der Waals surface area (Å²) in [5, 5.41) is 2.08. The Hall–Kier alpha value is -2.04. The zero-order valence-corrected chi connectivity index (χ0v) is 8.94. The highest BCUT2D eigenvalue weighted by Crippen LogP contribution is 2.31. The van der Waals surface area contributed by atoms with Crippen LogP contribution in [0.15, 0.2) is 18.2 Å². The van der Waals surface area contributed by atoms with Crippen molar-refractivity contribution >= 4 is 12.0 Å².